The summed E-state index contributed by atoms with van der Waals surface area (Å²) in [5.41, 5.74) is 14.2. The molecule has 0 saturated carbocycles. The van der Waals surface area contributed by atoms with Crippen molar-refractivity contribution in [2.24, 2.45) is 5.41 Å². The molecule has 0 saturated heterocycles. The van der Waals surface area contributed by atoms with E-state index in [1.807, 2.05) is 30.4 Å². The van der Waals surface area contributed by atoms with Gasteiger partial charge in [-0.25, -0.2) is 0 Å². The molecule has 1 aromatic rings. The Hall–Kier alpha value is -4.88. The van der Waals surface area contributed by atoms with Gasteiger partial charge < -0.3 is 4.90 Å². The van der Waals surface area contributed by atoms with Gasteiger partial charge in [0, 0.05) is 34.0 Å². The van der Waals surface area contributed by atoms with Gasteiger partial charge in [-0.15, -0.1) is 0 Å². The highest BCUT2D eigenvalue weighted by Crippen LogP contribution is 2.54. The minimum Gasteiger partial charge on any atom is -0.317 e. The van der Waals surface area contributed by atoms with Crippen molar-refractivity contribution >= 4 is 0 Å². The maximum absolute atomic E-state index is 4.76. The zero-order valence-corrected chi connectivity index (χ0v) is 29.3. The van der Waals surface area contributed by atoms with E-state index in [4.69, 9.17) is 6.58 Å². The lowest BCUT2D eigenvalue weighted by Crippen LogP contribution is -2.29. The van der Waals surface area contributed by atoms with Crippen LogP contribution in [0, 0.1) is 5.41 Å². The molecule has 0 atom stereocenters. The van der Waals surface area contributed by atoms with Crippen LogP contribution in [0.25, 0.3) is 0 Å². The second kappa shape index (κ2) is 14.3. The maximum atomic E-state index is 4.76. The van der Waals surface area contributed by atoms with Crippen molar-refractivity contribution in [2.75, 3.05) is 0 Å². The van der Waals surface area contributed by atoms with Gasteiger partial charge >= 0.3 is 0 Å². The van der Waals surface area contributed by atoms with E-state index in [0.29, 0.717) is 0 Å². The minimum atomic E-state index is -0.271. The van der Waals surface area contributed by atoms with E-state index >= 15 is 0 Å². The zero-order chi connectivity index (χ0) is 34.5. The van der Waals surface area contributed by atoms with Crippen LogP contribution in [0.3, 0.4) is 0 Å². The number of nitrogens with zero attached hydrogens (tertiary/aromatic N) is 1. The summed E-state index contributed by atoms with van der Waals surface area (Å²) in [5, 5.41) is 0. The van der Waals surface area contributed by atoms with Gasteiger partial charge in [0.15, 0.2) is 0 Å². The molecule has 0 radical (unpaired) electrons. The molecule has 1 aromatic carbocycles. The topological polar surface area (TPSA) is 3.24 Å². The lowest BCUT2D eigenvalue weighted by atomic mass is 9.61. The van der Waals surface area contributed by atoms with E-state index in [2.05, 4.69) is 134 Å². The van der Waals surface area contributed by atoms with Crippen LogP contribution in [-0.4, -0.2) is 4.90 Å². The molecule has 0 spiro atoms. The van der Waals surface area contributed by atoms with E-state index in [0.717, 1.165) is 64.1 Å². The van der Waals surface area contributed by atoms with Crippen LogP contribution in [-0.2, 0) is 11.8 Å². The number of fused-ring (bicyclic) bond motifs is 1. The molecule has 1 heteroatoms. The lowest BCUT2D eigenvalue weighted by molar-refractivity contribution is 0.503. The number of hydrogen-bond donors (Lipinski definition) is 0. The monoisotopic (exact) mass is 617 g/mol. The molecule has 0 bridgehead atoms. The quantitative estimate of drug-likeness (QED) is 0.223. The summed E-state index contributed by atoms with van der Waals surface area (Å²) in [6.07, 6.45) is 27.3. The Morgan fingerprint density at radius 1 is 0.872 bits per heavy atom. The van der Waals surface area contributed by atoms with Gasteiger partial charge in [0.2, 0.25) is 0 Å². The highest BCUT2D eigenvalue weighted by atomic mass is 15.1. The molecule has 0 amide bonds. The molecule has 3 aliphatic rings. The van der Waals surface area contributed by atoms with Crippen LogP contribution >= 0.6 is 0 Å². The van der Waals surface area contributed by atoms with Crippen molar-refractivity contribution in [1.29, 1.82) is 0 Å². The Morgan fingerprint density at radius 3 is 2.19 bits per heavy atom. The molecule has 0 unspecified atom stereocenters. The summed E-state index contributed by atoms with van der Waals surface area (Å²) >= 11 is 0. The summed E-state index contributed by atoms with van der Waals surface area (Å²) in [7, 11) is 0. The first-order valence-electron chi connectivity index (χ1n) is 16.4. The third-order valence-electron chi connectivity index (χ3n) is 9.84. The standard InChI is InChI=1S/C46H51N/c1-13-17-22-32(5)33(6)28-43-35(8)40(44-36(15-3)25-21-27-42(44)46(43,11)12)31-47(34(7)23-18-14-2)39(16-4)30-38-29-37-24-19-20-26-41(37)45(38,9)10/h13-20,22-26,28,30-31H,1-3,5-8,21,27,29H2,4,9-12H3/b22-17-,23-18-,38-30+,39-16+,40-31+,43-28+. The molecule has 0 aromatic heterocycles. The molecule has 1 nitrogen and oxygen atoms in total. The number of benzene rings is 1. The maximum Gasteiger partial charge on any atom is 0.0412 e. The molecular weight excluding hydrogens is 567 g/mol. The largest absolute Gasteiger partial charge is 0.317 e. The highest BCUT2D eigenvalue weighted by Gasteiger charge is 2.40. The van der Waals surface area contributed by atoms with Crippen LogP contribution in [0.5, 0.6) is 0 Å². The Balaban J connectivity index is 1.96. The lowest BCUT2D eigenvalue weighted by Gasteiger charge is -2.43. The predicted molar refractivity (Wildman–Crippen MR) is 207 cm³/mol. The molecule has 0 aliphatic heterocycles. The van der Waals surface area contributed by atoms with E-state index in [-0.39, 0.29) is 10.8 Å². The first-order chi connectivity index (χ1) is 22.3. The predicted octanol–water partition coefficient (Wildman–Crippen LogP) is 12.4. The van der Waals surface area contributed by atoms with Crippen LogP contribution in [0.4, 0.5) is 0 Å². The third kappa shape index (κ3) is 6.81. The zero-order valence-electron chi connectivity index (χ0n) is 29.3. The summed E-state index contributed by atoms with van der Waals surface area (Å²) in [6, 6.07) is 8.78. The molecule has 240 valence electrons. The summed E-state index contributed by atoms with van der Waals surface area (Å²) in [4.78, 5) is 2.20. The Bertz CT molecular complexity index is 1800. The van der Waals surface area contributed by atoms with Crippen molar-refractivity contribution in [3.8, 4) is 0 Å². The number of rotatable bonds is 11. The van der Waals surface area contributed by atoms with E-state index in [1.165, 1.54) is 27.8 Å². The fourth-order valence-corrected chi connectivity index (χ4v) is 7.00. The fourth-order valence-electron chi connectivity index (χ4n) is 7.00. The molecule has 0 fully saturated rings. The summed E-state index contributed by atoms with van der Waals surface area (Å²) in [5.74, 6) is 0. The van der Waals surface area contributed by atoms with Crippen molar-refractivity contribution in [1.82, 2.24) is 4.90 Å². The van der Waals surface area contributed by atoms with Crippen molar-refractivity contribution < 1.29 is 0 Å². The molecule has 0 heterocycles. The number of allylic oxidation sites excluding steroid dienone is 20. The summed E-state index contributed by atoms with van der Waals surface area (Å²) in [6.45, 7) is 41.2. The average Bonchev–Trinajstić information content (AvgIpc) is 3.31. The van der Waals surface area contributed by atoms with Gasteiger partial charge in [0.05, 0.1) is 0 Å². The van der Waals surface area contributed by atoms with Crippen LogP contribution < -0.4 is 0 Å². The first kappa shape index (κ1) is 35.0. The van der Waals surface area contributed by atoms with Crippen LogP contribution in [0.2, 0.25) is 0 Å². The minimum absolute atomic E-state index is 0.0864. The third-order valence-corrected chi connectivity index (χ3v) is 9.84. The Morgan fingerprint density at radius 2 is 1.55 bits per heavy atom. The molecule has 4 rings (SSSR count). The molecular formula is C46H51N. The van der Waals surface area contributed by atoms with Gasteiger partial charge in [-0.05, 0) is 82.9 Å². The van der Waals surface area contributed by atoms with E-state index in [1.54, 1.807) is 12.2 Å². The van der Waals surface area contributed by atoms with Crippen molar-refractivity contribution in [3.63, 3.8) is 0 Å². The van der Waals surface area contributed by atoms with Crippen molar-refractivity contribution in [2.45, 2.75) is 59.3 Å². The Labute approximate surface area is 284 Å². The smallest absolute Gasteiger partial charge is 0.0412 e. The van der Waals surface area contributed by atoms with Gasteiger partial charge in [-0.1, -0.05) is 164 Å². The molecule has 0 N–H and O–H groups in total. The van der Waals surface area contributed by atoms with Crippen LogP contribution in [0.15, 0.2) is 205 Å². The summed E-state index contributed by atoms with van der Waals surface area (Å²) < 4.78 is 0. The fraction of sp³-hybridized carbons (Fsp3) is 0.217. The normalized spacial score (nSPS) is 21.2. The van der Waals surface area contributed by atoms with Gasteiger partial charge in [-0.2, -0.15) is 0 Å². The molecule has 47 heavy (non-hydrogen) atoms. The van der Waals surface area contributed by atoms with Crippen LogP contribution in [0.1, 0.15) is 58.6 Å². The highest BCUT2D eigenvalue weighted by molar-refractivity contribution is 5.73. The van der Waals surface area contributed by atoms with E-state index < -0.39 is 0 Å². The Kier molecular flexibility index (Phi) is 10.6. The van der Waals surface area contributed by atoms with Crippen molar-refractivity contribution in [3.05, 3.63) is 216 Å². The molecule has 3 aliphatic carbocycles. The SMILES string of the molecule is C=C/C=C\C(=C)C(=C)/C=C1\C(=C)/C(=C\N(C(=C)/C=C\C=C)C(=C/C)/C=C2\Cc3ccccc3C2(C)C)C2=C(CCC=C2C=C)C1(C)C. The van der Waals surface area contributed by atoms with Gasteiger partial charge in [0.1, 0.15) is 0 Å². The average molecular weight is 618 g/mol. The van der Waals surface area contributed by atoms with Gasteiger partial charge in [-0.3, -0.25) is 0 Å². The first-order valence-corrected chi connectivity index (χ1v) is 16.4. The van der Waals surface area contributed by atoms with E-state index in [9.17, 15) is 0 Å². The van der Waals surface area contributed by atoms with Gasteiger partial charge in [0.25, 0.3) is 0 Å². The number of hydrogen-bond acceptors (Lipinski definition) is 1. The second-order valence-corrected chi connectivity index (χ2v) is 13.4. The second-order valence-electron chi connectivity index (χ2n) is 13.4.